The number of fused-ring (bicyclic) bond motifs is 2. The standard InChI is InChI=1S/C44H49N7O7Si/c1-29-42(59(3,4)35-16-14-34(57-2)15-17-35)40(19-21-48-27-38(46-47-48)36(28-52)31-10-6-5-7-11-31)58-44(29)37-24-33(51(55)56)13-18-39(37)50(43(44)54)26-30-9-8-12-32(23-30)49-22-20-45-25-41(49)53/h5-18,23-24,27,29,36,40,42,45,52H,19-22,25-26,28H2,1-4H3/t29-,36?,40+,42-,44+/m0/s1. The number of nitro groups is 1. The van der Waals surface area contributed by atoms with Crippen molar-refractivity contribution in [2.75, 3.05) is 43.2 Å². The van der Waals surface area contributed by atoms with Gasteiger partial charge in [0, 0.05) is 55.1 Å². The van der Waals surface area contributed by atoms with Crippen LogP contribution in [-0.4, -0.2) is 84.4 Å². The van der Waals surface area contributed by atoms with E-state index in [2.05, 4.69) is 47.8 Å². The van der Waals surface area contributed by atoms with Gasteiger partial charge in [0.25, 0.3) is 11.6 Å². The highest BCUT2D eigenvalue weighted by molar-refractivity contribution is 6.91. The van der Waals surface area contributed by atoms with Crippen molar-refractivity contribution >= 4 is 42.1 Å². The summed E-state index contributed by atoms with van der Waals surface area (Å²) in [6.07, 6.45) is 1.90. The molecule has 2 N–H and O–H groups in total. The number of amides is 2. The van der Waals surface area contributed by atoms with Crippen LogP contribution in [0.4, 0.5) is 17.1 Å². The number of aliphatic hydroxyl groups excluding tert-OH is 1. The molecule has 4 heterocycles. The predicted octanol–water partition coefficient (Wildman–Crippen LogP) is 5.11. The van der Waals surface area contributed by atoms with Gasteiger partial charge in [-0.2, -0.15) is 0 Å². The normalized spacial score (nSPS) is 22.2. The second kappa shape index (κ2) is 16.1. The molecule has 0 bridgehead atoms. The van der Waals surface area contributed by atoms with Crippen LogP contribution in [0.1, 0.15) is 41.6 Å². The van der Waals surface area contributed by atoms with E-state index in [1.165, 1.54) is 17.3 Å². The number of aromatic nitrogens is 3. The van der Waals surface area contributed by atoms with E-state index in [0.29, 0.717) is 43.0 Å². The quantitative estimate of drug-likeness (QED) is 0.0928. The molecule has 4 aromatic carbocycles. The highest BCUT2D eigenvalue weighted by atomic mass is 28.3. The summed E-state index contributed by atoms with van der Waals surface area (Å²) in [7, 11) is -0.888. The molecule has 0 saturated carbocycles. The van der Waals surface area contributed by atoms with E-state index in [0.717, 1.165) is 22.6 Å². The van der Waals surface area contributed by atoms with Crippen molar-refractivity contribution in [3.63, 3.8) is 0 Å². The van der Waals surface area contributed by atoms with Crippen molar-refractivity contribution in [3.8, 4) is 5.75 Å². The topological polar surface area (TPSA) is 165 Å². The Hall–Kier alpha value is -5.74. The van der Waals surface area contributed by atoms with E-state index in [1.54, 1.807) is 27.7 Å². The van der Waals surface area contributed by atoms with E-state index in [-0.39, 0.29) is 54.6 Å². The predicted molar refractivity (Wildman–Crippen MR) is 226 cm³/mol. The second-order valence-electron chi connectivity index (χ2n) is 16.2. The molecule has 5 atom stereocenters. The first kappa shape index (κ1) is 40.1. The number of aryl methyl sites for hydroxylation is 1. The highest BCUT2D eigenvalue weighted by Crippen LogP contribution is 2.60. The van der Waals surface area contributed by atoms with Crippen LogP contribution in [0, 0.1) is 16.0 Å². The molecule has 3 aliphatic rings. The fraction of sp³-hybridized carbons (Fsp3) is 0.364. The van der Waals surface area contributed by atoms with Crippen LogP contribution >= 0.6 is 0 Å². The molecule has 0 aliphatic carbocycles. The Balaban J connectivity index is 1.17. The molecule has 2 fully saturated rings. The van der Waals surface area contributed by atoms with Crippen molar-refractivity contribution in [2.24, 2.45) is 5.92 Å². The zero-order valence-electron chi connectivity index (χ0n) is 33.7. The minimum Gasteiger partial charge on any atom is -0.497 e. The summed E-state index contributed by atoms with van der Waals surface area (Å²) in [5.41, 5.74) is 2.45. The van der Waals surface area contributed by atoms with Crippen LogP contribution in [0.25, 0.3) is 0 Å². The monoisotopic (exact) mass is 815 g/mol. The summed E-state index contributed by atoms with van der Waals surface area (Å²) in [5.74, 6) is -0.273. The third kappa shape index (κ3) is 7.21. The Morgan fingerprint density at radius 3 is 2.54 bits per heavy atom. The number of nitrogens with zero attached hydrogens (tertiary/aromatic N) is 6. The molecular formula is C44H49N7O7Si. The molecule has 2 amide bonds. The van der Waals surface area contributed by atoms with Crippen LogP contribution in [0.2, 0.25) is 18.6 Å². The van der Waals surface area contributed by atoms with Crippen molar-refractivity contribution in [2.45, 2.75) is 62.7 Å². The maximum Gasteiger partial charge on any atom is 0.269 e. The number of anilines is 2. The number of hydrogen-bond donors (Lipinski definition) is 2. The van der Waals surface area contributed by atoms with Crippen molar-refractivity contribution in [3.05, 3.63) is 136 Å². The summed E-state index contributed by atoms with van der Waals surface area (Å²) in [6.45, 7) is 8.59. The number of nitrogens with one attached hydrogen (secondary N) is 1. The Bertz CT molecular complexity index is 2360. The van der Waals surface area contributed by atoms with Gasteiger partial charge in [-0.1, -0.05) is 85.0 Å². The van der Waals surface area contributed by atoms with Crippen LogP contribution in [-0.2, 0) is 33.0 Å². The molecule has 3 aliphatic heterocycles. The second-order valence-corrected chi connectivity index (χ2v) is 20.9. The minimum absolute atomic E-state index is 0.0253. The zero-order chi connectivity index (χ0) is 41.5. The summed E-state index contributed by atoms with van der Waals surface area (Å²) in [6, 6.07) is 30.1. The molecule has 8 rings (SSSR count). The van der Waals surface area contributed by atoms with Crippen LogP contribution in [0.5, 0.6) is 5.75 Å². The number of rotatable bonds is 13. The molecule has 1 aromatic heterocycles. The molecule has 306 valence electrons. The SMILES string of the molecule is COc1ccc([Si](C)(C)[C@@H]2[C@@H](CCn3cc(C(CO)c4ccccc4)nn3)O[C@]3(C(=O)N(Cc4cccc(N5CCNCC5=O)c4)c4ccc([N+](=O)[O-])cc43)[C@H]2C)cc1. The first-order valence-corrected chi connectivity index (χ1v) is 23.1. The fourth-order valence-corrected chi connectivity index (χ4v) is 13.7. The highest BCUT2D eigenvalue weighted by Gasteiger charge is 2.66. The van der Waals surface area contributed by atoms with Gasteiger partial charge in [0.1, 0.15) is 5.75 Å². The number of hydrogen-bond acceptors (Lipinski definition) is 10. The maximum absolute atomic E-state index is 15.4. The number of nitro benzene ring substituents is 1. The fourth-order valence-electron chi connectivity index (χ4n) is 9.62. The molecule has 1 unspecified atom stereocenters. The van der Waals surface area contributed by atoms with Gasteiger partial charge < -0.3 is 29.7 Å². The number of non-ortho nitro benzene ring substituents is 1. The summed E-state index contributed by atoms with van der Waals surface area (Å²) in [4.78, 5) is 43.5. The van der Waals surface area contributed by atoms with Crippen molar-refractivity contribution < 1.29 is 29.1 Å². The van der Waals surface area contributed by atoms with Crippen molar-refractivity contribution in [1.82, 2.24) is 20.3 Å². The lowest BCUT2D eigenvalue weighted by Gasteiger charge is -2.37. The average Bonchev–Trinajstić information content (AvgIpc) is 3.91. The third-order valence-electron chi connectivity index (χ3n) is 12.6. The molecule has 2 saturated heterocycles. The molecule has 14 nitrogen and oxygen atoms in total. The number of piperazine rings is 1. The van der Waals surface area contributed by atoms with E-state index >= 15 is 4.79 Å². The van der Waals surface area contributed by atoms with E-state index < -0.39 is 24.7 Å². The Kier molecular flexibility index (Phi) is 11.0. The number of benzene rings is 4. The van der Waals surface area contributed by atoms with Gasteiger partial charge in [0.05, 0.1) is 63.2 Å². The van der Waals surface area contributed by atoms with E-state index in [9.17, 15) is 20.0 Å². The first-order valence-electron chi connectivity index (χ1n) is 20.0. The maximum atomic E-state index is 15.4. The molecular weight excluding hydrogens is 767 g/mol. The molecule has 59 heavy (non-hydrogen) atoms. The van der Waals surface area contributed by atoms with Gasteiger partial charge in [-0.05, 0) is 53.4 Å². The number of ether oxygens (including phenoxy) is 2. The lowest BCUT2D eigenvalue weighted by Crippen LogP contribution is -2.51. The summed E-state index contributed by atoms with van der Waals surface area (Å²) >= 11 is 0. The molecule has 5 aromatic rings. The Morgan fingerprint density at radius 2 is 1.83 bits per heavy atom. The first-order chi connectivity index (χ1) is 28.5. The van der Waals surface area contributed by atoms with Gasteiger partial charge in [-0.25, -0.2) is 0 Å². The molecule has 0 radical (unpaired) electrons. The Labute approximate surface area is 343 Å². The van der Waals surface area contributed by atoms with Gasteiger partial charge in [0.15, 0.2) is 5.60 Å². The minimum atomic E-state index is -2.52. The summed E-state index contributed by atoms with van der Waals surface area (Å²) in [5, 5.41) is 35.8. The Morgan fingerprint density at radius 1 is 1.05 bits per heavy atom. The molecule has 15 heteroatoms. The summed E-state index contributed by atoms with van der Waals surface area (Å²) < 4.78 is 14.5. The van der Waals surface area contributed by atoms with Gasteiger partial charge in [0.2, 0.25) is 5.91 Å². The third-order valence-corrected chi connectivity index (χ3v) is 17.0. The lowest BCUT2D eigenvalue weighted by molar-refractivity contribution is -0.385. The number of methoxy groups -OCH3 is 1. The number of aliphatic hydroxyl groups is 1. The zero-order valence-corrected chi connectivity index (χ0v) is 34.7. The van der Waals surface area contributed by atoms with E-state index in [4.69, 9.17) is 9.47 Å². The van der Waals surface area contributed by atoms with Crippen molar-refractivity contribution in [1.29, 1.82) is 0 Å². The van der Waals surface area contributed by atoms with Crippen LogP contribution in [0.15, 0.2) is 103 Å². The van der Waals surface area contributed by atoms with Gasteiger partial charge in [-0.3, -0.25) is 24.4 Å². The van der Waals surface area contributed by atoms with Gasteiger partial charge in [-0.15, -0.1) is 5.10 Å². The van der Waals surface area contributed by atoms with Crippen LogP contribution in [0.3, 0.4) is 0 Å². The smallest absolute Gasteiger partial charge is 0.269 e. The largest absolute Gasteiger partial charge is 0.497 e. The lowest BCUT2D eigenvalue weighted by atomic mass is 9.82. The van der Waals surface area contributed by atoms with E-state index in [1.807, 2.05) is 72.9 Å². The van der Waals surface area contributed by atoms with Gasteiger partial charge >= 0.3 is 0 Å². The number of carbonyl (C=O) groups excluding carboxylic acids is 2. The number of carbonyl (C=O) groups is 2. The van der Waals surface area contributed by atoms with Crippen LogP contribution < -0.4 is 25.0 Å². The molecule has 1 spiro atoms. The average molecular weight is 816 g/mol.